The second kappa shape index (κ2) is 10.4. The van der Waals surface area contributed by atoms with E-state index in [2.05, 4.69) is 5.32 Å². The number of β-lactam (4-membered cyclic amide) rings is 1. The molecule has 1 aromatic heterocycles. The molecule has 2 aliphatic rings. The van der Waals surface area contributed by atoms with E-state index in [9.17, 15) is 29.1 Å². The zero-order chi connectivity index (χ0) is 22.2. The molecule has 0 saturated carbocycles. The Hall–Kier alpha value is -1.50. The van der Waals surface area contributed by atoms with Gasteiger partial charge in [0.2, 0.25) is 11.3 Å². The predicted molar refractivity (Wildman–Crippen MR) is 104 cm³/mol. The van der Waals surface area contributed by atoms with Crippen LogP contribution in [-0.4, -0.2) is 57.0 Å². The third-order valence-corrected chi connectivity index (χ3v) is 6.20. The van der Waals surface area contributed by atoms with Crippen LogP contribution in [0.2, 0.25) is 10.0 Å². The number of pyridine rings is 1. The molecule has 2 atom stereocenters. The number of amides is 2. The number of carboxylic acids is 1. The van der Waals surface area contributed by atoms with E-state index in [1.807, 2.05) is 0 Å². The number of thioether (sulfide) groups is 1. The molecule has 0 spiro atoms. The number of nitrogens with one attached hydrogen (secondary N) is 1. The van der Waals surface area contributed by atoms with Crippen LogP contribution in [0.4, 0.5) is 0 Å². The molecule has 2 amide bonds. The van der Waals surface area contributed by atoms with E-state index in [1.54, 1.807) is 0 Å². The number of esters is 1. The Morgan fingerprint density at radius 3 is 2.42 bits per heavy atom. The number of nitrogens with zero attached hydrogens (tertiary/aromatic N) is 2. The van der Waals surface area contributed by atoms with Gasteiger partial charge in [0.1, 0.15) is 34.6 Å². The molecule has 14 heteroatoms. The van der Waals surface area contributed by atoms with Crippen LogP contribution >= 0.6 is 35.0 Å². The fourth-order valence-electron chi connectivity index (χ4n) is 3.01. The molecular weight excluding hydrogens is 484 g/mol. The van der Waals surface area contributed by atoms with Crippen molar-refractivity contribution in [2.75, 3.05) is 12.4 Å². The van der Waals surface area contributed by atoms with Gasteiger partial charge in [0.05, 0.1) is 11.7 Å². The number of hydrogen-bond acceptors (Lipinski definition) is 8. The molecule has 1 fully saturated rings. The van der Waals surface area contributed by atoms with Crippen molar-refractivity contribution < 1.29 is 58.6 Å². The average Bonchev–Trinajstić information content (AvgIpc) is 2.67. The molecular formula is C17H14Cl2N3NaO7S. The number of fused-ring (bicyclic) bond motifs is 1. The van der Waals surface area contributed by atoms with Gasteiger partial charge in [-0.15, -0.1) is 11.8 Å². The molecule has 0 bridgehead atoms. The first kappa shape index (κ1) is 25.8. The molecule has 0 aliphatic carbocycles. The van der Waals surface area contributed by atoms with Crippen molar-refractivity contribution in [3.63, 3.8) is 0 Å². The third kappa shape index (κ3) is 5.47. The van der Waals surface area contributed by atoms with Crippen molar-refractivity contribution in [2.45, 2.75) is 24.9 Å². The van der Waals surface area contributed by atoms with E-state index in [1.165, 1.54) is 35.6 Å². The number of carbonyl (C=O) groups is 4. The quantitative estimate of drug-likeness (QED) is 0.239. The first-order valence-electron chi connectivity index (χ1n) is 8.46. The molecule has 0 aromatic carbocycles. The molecule has 0 unspecified atom stereocenters. The number of aliphatic carboxylic acids is 1. The van der Waals surface area contributed by atoms with Crippen LogP contribution in [0.15, 0.2) is 28.5 Å². The van der Waals surface area contributed by atoms with Crippen LogP contribution in [-0.2, 0) is 30.5 Å². The van der Waals surface area contributed by atoms with Crippen molar-refractivity contribution in [1.29, 1.82) is 0 Å². The normalized spacial score (nSPS) is 19.7. The van der Waals surface area contributed by atoms with Crippen molar-refractivity contribution in [3.8, 4) is 0 Å². The van der Waals surface area contributed by atoms with Gasteiger partial charge in [0.15, 0.2) is 0 Å². The molecule has 3 rings (SSSR count). The zero-order valence-electron chi connectivity index (χ0n) is 16.3. The minimum atomic E-state index is -1.57. The van der Waals surface area contributed by atoms with E-state index < -0.39 is 40.6 Å². The number of carboxylic acid groups (broad SMARTS) is 1. The van der Waals surface area contributed by atoms with Gasteiger partial charge < -0.3 is 24.5 Å². The first-order valence-corrected chi connectivity index (χ1v) is 10.3. The van der Waals surface area contributed by atoms with Crippen molar-refractivity contribution in [2.24, 2.45) is 0 Å². The Bertz CT molecular complexity index is 1020. The van der Waals surface area contributed by atoms with Crippen LogP contribution in [0.1, 0.15) is 6.92 Å². The van der Waals surface area contributed by atoms with Crippen LogP contribution < -0.4 is 45.4 Å². The summed E-state index contributed by atoms with van der Waals surface area (Å²) in [6.07, 6.45) is 2.47. The summed E-state index contributed by atoms with van der Waals surface area (Å²) in [4.78, 5) is 59.9. The molecule has 1 saturated heterocycles. The number of aromatic nitrogens is 1. The Balaban J connectivity index is 0.00000341. The van der Waals surface area contributed by atoms with Gasteiger partial charge in [0, 0.05) is 30.6 Å². The van der Waals surface area contributed by atoms with E-state index >= 15 is 0 Å². The smallest absolute Gasteiger partial charge is 0.543 e. The fourth-order valence-corrected chi connectivity index (χ4v) is 4.84. The van der Waals surface area contributed by atoms with Crippen molar-refractivity contribution >= 4 is 58.7 Å². The average molecular weight is 498 g/mol. The second-order valence-corrected chi connectivity index (χ2v) is 8.35. The summed E-state index contributed by atoms with van der Waals surface area (Å²) in [6, 6.07) is -0.947. The van der Waals surface area contributed by atoms with Crippen LogP contribution in [0.25, 0.3) is 0 Å². The van der Waals surface area contributed by atoms with Crippen LogP contribution in [0.3, 0.4) is 0 Å². The summed E-state index contributed by atoms with van der Waals surface area (Å²) >= 11 is 12.7. The van der Waals surface area contributed by atoms with Crippen LogP contribution in [0, 0.1) is 0 Å². The molecule has 3 heterocycles. The zero-order valence-corrected chi connectivity index (χ0v) is 20.7. The molecule has 160 valence electrons. The second-order valence-electron chi connectivity index (χ2n) is 6.43. The summed E-state index contributed by atoms with van der Waals surface area (Å²) in [6.45, 7) is 0.649. The van der Waals surface area contributed by atoms with Gasteiger partial charge in [-0.3, -0.25) is 24.1 Å². The van der Waals surface area contributed by atoms with E-state index in [0.717, 1.165) is 4.90 Å². The summed E-state index contributed by atoms with van der Waals surface area (Å²) in [5.41, 5.74) is -0.679. The maximum absolute atomic E-state index is 12.5. The molecule has 1 aromatic rings. The molecule has 2 aliphatic heterocycles. The number of carbonyl (C=O) groups excluding carboxylic acids is 4. The Morgan fingerprint density at radius 2 is 1.87 bits per heavy atom. The maximum Gasteiger partial charge on any atom is 1.00 e. The first-order chi connectivity index (χ1) is 14.1. The minimum Gasteiger partial charge on any atom is -0.543 e. The summed E-state index contributed by atoms with van der Waals surface area (Å²) < 4.78 is 6.13. The molecule has 31 heavy (non-hydrogen) atoms. The van der Waals surface area contributed by atoms with Gasteiger partial charge in [0.25, 0.3) is 5.91 Å². The molecule has 1 N–H and O–H groups in total. The van der Waals surface area contributed by atoms with Gasteiger partial charge in [-0.2, -0.15) is 0 Å². The molecule has 10 nitrogen and oxygen atoms in total. The minimum absolute atomic E-state index is 0. The van der Waals surface area contributed by atoms with Gasteiger partial charge >= 0.3 is 35.5 Å². The predicted octanol–water partition coefficient (Wildman–Crippen LogP) is -3.87. The SMILES string of the molecule is CC(=O)OCC1=C(C(=O)[O-])N2C(=O)[C@H](NC(=O)Cn3cc(Cl)c(=O)c(Cl)c3)[C@@H]2SC1.[Na+]. The summed E-state index contributed by atoms with van der Waals surface area (Å²) in [5.74, 6) is -3.17. The standard InChI is InChI=1S/C17H15Cl2N3O7S.Na/c1-7(23)29-5-8-6-30-16-12(15(26)22(16)13(8)17(27)28)20-11(24)4-21-2-9(18)14(25)10(19)3-21;/h2-3,12,16H,4-6H2,1H3,(H,20,24)(H,27,28);/q;+1/p-1/t12-,16-;/m0./s1. The fraction of sp³-hybridized carbons (Fsp3) is 0.353. The summed E-state index contributed by atoms with van der Waals surface area (Å²) in [5, 5.41) is 13.1. The summed E-state index contributed by atoms with van der Waals surface area (Å²) in [7, 11) is 0. The van der Waals surface area contributed by atoms with E-state index in [-0.39, 0.29) is 69.8 Å². The van der Waals surface area contributed by atoms with Gasteiger partial charge in [-0.1, -0.05) is 23.2 Å². The molecule has 0 radical (unpaired) electrons. The Morgan fingerprint density at radius 1 is 1.26 bits per heavy atom. The largest absolute Gasteiger partial charge is 1.00 e. The van der Waals surface area contributed by atoms with E-state index in [0.29, 0.717) is 0 Å². The topological polar surface area (TPSA) is 138 Å². The number of rotatable bonds is 6. The van der Waals surface area contributed by atoms with Crippen molar-refractivity contribution in [1.82, 2.24) is 14.8 Å². The Labute approximate surface area is 212 Å². The van der Waals surface area contributed by atoms with Crippen LogP contribution in [0.5, 0.6) is 0 Å². The third-order valence-electron chi connectivity index (χ3n) is 4.33. The Kier molecular flexibility index (Phi) is 8.65. The maximum atomic E-state index is 12.5. The monoisotopic (exact) mass is 497 g/mol. The van der Waals surface area contributed by atoms with Gasteiger partial charge in [-0.05, 0) is 0 Å². The number of hydrogen-bond donors (Lipinski definition) is 1. The van der Waals surface area contributed by atoms with Crippen molar-refractivity contribution in [3.05, 3.63) is 43.9 Å². The number of ether oxygens (including phenoxy) is 1. The van der Waals surface area contributed by atoms with E-state index in [4.69, 9.17) is 27.9 Å². The van der Waals surface area contributed by atoms with Gasteiger partial charge in [-0.25, -0.2) is 0 Å². The number of halogens is 2.